The molecule has 2 aromatic rings. The molecule has 0 aromatic heterocycles. The van der Waals surface area contributed by atoms with E-state index in [4.69, 9.17) is 9.47 Å². The van der Waals surface area contributed by atoms with E-state index in [-0.39, 0.29) is 18.0 Å². The first kappa shape index (κ1) is 22.2. The van der Waals surface area contributed by atoms with Crippen LogP contribution in [0.15, 0.2) is 54.6 Å². The smallest absolute Gasteiger partial charge is 0.338 e. The van der Waals surface area contributed by atoms with Crippen LogP contribution in [0.3, 0.4) is 0 Å². The maximum atomic E-state index is 12.5. The Kier molecular flexibility index (Phi) is 7.54. The van der Waals surface area contributed by atoms with Gasteiger partial charge in [-0.1, -0.05) is 42.5 Å². The highest BCUT2D eigenvalue weighted by molar-refractivity contribution is 6.09. The zero-order valence-electron chi connectivity index (χ0n) is 17.4. The van der Waals surface area contributed by atoms with Gasteiger partial charge in [0.1, 0.15) is 6.04 Å². The molecular weight excluding hydrogens is 398 g/mol. The third-order valence-corrected chi connectivity index (χ3v) is 5.13. The SMILES string of the molecule is CCOC(=O)[C@@H]1CCCCN1C(=O)COC(=O)c1ccc(C(=O)c2ccccc2)cc1. The lowest BCUT2D eigenvalue weighted by Gasteiger charge is -2.33. The first-order valence-corrected chi connectivity index (χ1v) is 10.3. The molecule has 1 heterocycles. The number of nitrogens with zero attached hydrogens (tertiary/aromatic N) is 1. The summed E-state index contributed by atoms with van der Waals surface area (Å²) in [6, 6.07) is 14.3. The molecule has 1 atom stereocenters. The number of hydrogen-bond acceptors (Lipinski definition) is 6. The standard InChI is InChI=1S/C24H25NO6/c1-2-30-24(29)20-10-6-7-15-25(20)21(26)16-31-23(28)19-13-11-18(12-14-19)22(27)17-8-4-3-5-9-17/h3-5,8-9,11-14,20H,2,6-7,10,15-16H2,1H3/t20-/m0/s1. The Bertz CT molecular complexity index is 938. The summed E-state index contributed by atoms with van der Waals surface area (Å²) in [7, 11) is 0. The van der Waals surface area contributed by atoms with E-state index >= 15 is 0 Å². The van der Waals surface area contributed by atoms with Gasteiger partial charge in [-0.05, 0) is 38.3 Å². The van der Waals surface area contributed by atoms with Crippen molar-refractivity contribution in [3.8, 4) is 0 Å². The van der Waals surface area contributed by atoms with E-state index in [1.165, 1.54) is 17.0 Å². The number of amides is 1. The largest absolute Gasteiger partial charge is 0.464 e. The molecule has 3 rings (SSSR count). The molecule has 0 bridgehead atoms. The number of ketones is 1. The Morgan fingerprint density at radius 3 is 2.19 bits per heavy atom. The zero-order chi connectivity index (χ0) is 22.2. The molecule has 31 heavy (non-hydrogen) atoms. The second-order valence-corrected chi connectivity index (χ2v) is 7.20. The van der Waals surface area contributed by atoms with Crippen LogP contribution in [0.5, 0.6) is 0 Å². The summed E-state index contributed by atoms with van der Waals surface area (Å²) in [4.78, 5) is 50.9. The van der Waals surface area contributed by atoms with Crippen LogP contribution in [0, 0.1) is 0 Å². The molecule has 0 spiro atoms. The number of carbonyl (C=O) groups is 4. The van der Waals surface area contributed by atoms with Crippen LogP contribution in [0.4, 0.5) is 0 Å². The van der Waals surface area contributed by atoms with Gasteiger partial charge in [0.15, 0.2) is 12.4 Å². The quantitative estimate of drug-likeness (QED) is 0.502. The predicted molar refractivity (Wildman–Crippen MR) is 113 cm³/mol. The van der Waals surface area contributed by atoms with E-state index in [1.54, 1.807) is 43.3 Å². The van der Waals surface area contributed by atoms with Crippen molar-refractivity contribution >= 4 is 23.6 Å². The van der Waals surface area contributed by atoms with Crippen LogP contribution < -0.4 is 0 Å². The van der Waals surface area contributed by atoms with Crippen molar-refractivity contribution < 1.29 is 28.7 Å². The van der Waals surface area contributed by atoms with E-state index in [0.29, 0.717) is 24.1 Å². The van der Waals surface area contributed by atoms with Crippen LogP contribution in [0.2, 0.25) is 0 Å². The summed E-state index contributed by atoms with van der Waals surface area (Å²) in [5.74, 6) is -1.68. The van der Waals surface area contributed by atoms with Gasteiger partial charge in [-0.15, -0.1) is 0 Å². The van der Waals surface area contributed by atoms with E-state index < -0.39 is 30.5 Å². The van der Waals surface area contributed by atoms with Crippen molar-refractivity contribution in [2.24, 2.45) is 0 Å². The Balaban J connectivity index is 1.58. The summed E-state index contributed by atoms with van der Waals surface area (Å²) < 4.78 is 10.2. The summed E-state index contributed by atoms with van der Waals surface area (Å²) in [5, 5.41) is 0. The van der Waals surface area contributed by atoms with Crippen molar-refractivity contribution in [2.45, 2.75) is 32.2 Å². The molecule has 1 fully saturated rings. The summed E-state index contributed by atoms with van der Waals surface area (Å²) in [6.07, 6.45) is 2.16. The van der Waals surface area contributed by atoms with Crippen molar-refractivity contribution in [3.63, 3.8) is 0 Å². The van der Waals surface area contributed by atoms with E-state index in [1.807, 2.05) is 6.07 Å². The molecule has 0 N–H and O–H groups in total. The lowest BCUT2D eigenvalue weighted by Crippen LogP contribution is -2.50. The number of likely N-dealkylation sites (tertiary alicyclic amines) is 1. The third kappa shape index (κ3) is 5.57. The molecule has 1 aliphatic heterocycles. The number of rotatable bonds is 7. The Morgan fingerprint density at radius 1 is 0.871 bits per heavy atom. The molecule has 0 radical (unpaired) electrons. The lowest BCUT2D eigenvalue weighted by atomic mass is 10.0. The highest BCUT2D eigenvalue weighted by Gasteiger charge is 2.33. The molecule has 1 amide bonds. The molecule has 2 aromatic carbocycles. The molecule has 1 aliphatic rings. The number of piperidine rings is 1. The lowest BCUT2D eigenvalue weighted by molar-refractivity contribution is -0.157. The number of esters is 2. The third-order valence-electron chi connectivity index (χ3n) is 5.13. The van der Waals surface area contributed by atoms with E-state index in [9.17, 15) is 19.2 Å². The van der Waals surface area contributed by atoms with E-state index in [2.05, 4.69) is 0 Å². The average Bonchev–Trinajstić information content (AvgIpc) is 2.82. The molecule has 162 valence electrons. The van der Waals surface area contributed by atoms with Crippen molar-refractivity contribution in [1.29, 1.82) is 0 Å². The number of carbonyl (C=O) groups excluding carboxylic acids is 4. The molecule has 7 nitrogen and oxygen atoms in total. The fourth-order valence-corrected chi connectivity index (χ4v) is 3.52. The van der Waals surface area contributed by atoms with Gasteiger partial charge in [0, 0.05) is 17.7 Å². The topological polar surface area (TPSA) is 90.0 Å². The van der Waals surface area contributed by atoms with Crippen molar-refractivity contribution in [3.05, 3.63) is 71.3 Å². The first-order chi connectivity index (χ1) is 15.0. The van der Waals surface area contributed by atoms with Crippen molar-refractivity contribution in [2.75, 3.05) is 19.8 Å². The van der Waals surface area contributed by atoms with Crippen molar-refractivity contribution in [1.82, 2.24) is 4.90 Å². The monoisotopic (exact) mass is 423 g/mol. The number of hydrogen-bond donors (Lipinski definition) is 0. The van der Waals surface area contributed by atoms with Gasteiger partial charge in [0.25, 0.3) is 5.91 Å². The van der Waals surface area contributed by atoms with Crippen LogP contribution >= 0.6 is 0 Å². The van der Waals surface area contributed by atoms with Crippen LogP contribution in [0.25, 0.3) is 0 Å². The van der Waals surface area contributed by atoms with Crippen LogP contribution in [-0.2, 0) is 19.1 Å². The van der Waals surface area contributed by atoms with Crippen LogP contribution in [-0.4, -0.2) is 54.3 Å². The molecule has 0 aliphatic carbocycles. The van der Waals surface area contributed by atoms with Gasteiger partial charge in [-0.2, -0.15) is 0 Å². The number of ether oxygens (including phenoxy) is 2. The van der Waals surface area contributed by atoms with Gasteiger partial charge in [-0.25, -0.2) is 9.59 Å². The highest BCUT2D eigenvalue weighted by Crippen LogP contribution is 2.19. The average molecular weight is 423 g/mol. The van der Waals surface area contributed by atoms with Gasteiger partial charge >= 0.3 is 11.9 Å². The Labute approximate surface area is 180 Å². The maximum absolute atomic E-state index is 12.5. The van der Waals surface area contributed by atoms with Gasteiger partial charge in [0.2, 0.25) is 0 Å². The molecule has 0 saturated carbocycles. The predicted octanol–water partition coefficient (Wildman–Crippen LogP) is 3.02. The summed E-state index contributed by atoms with van der Waals surface area (Å²) in [6.45, 7) is 1.93. The highest BCUT2D eigenvalue weighted by atomic mass is 16.5. The second-order valence-electron chi connectivity index (χ2n) is 7.20. The second kappa shape index (κ2) is 10.5. The van der Waals surface area contributed by atoms with Gasteiger partial charge < -0.3 is 14.4 Å². The molecule has 1 saturated heterocycles. The summed E-state index contributed by atoms with van der Waals surface area (Å²) in [5.41, 5.74) is 1.24. The zero-order valence-corrected chi connectivity index (χ0v) is 17.4. The van der Waals surface area contributed by atoms with Gasteiger partial charge in [0.05, 0.1) is 12.2 Å². The van der Waals surface area contributed by atoms with Crippen LogP contribution in [0.1, 0.15) is 52.5 Å². The Morgan fingerprint density at radius 2 is 1.52 bits per heavy atom. The molecule has 7 heteroatoms. The number of benzene rings is 2. The fourth-order valence-electron chi connectivity index (χ4n) is 3.52. The molecule has 0 unspecified atom stereocenters. The van der Waals surface area contributed by atoms with Gasteiger partial charge in [-0.3, -0.25) is 9.59 Å². The minimum Gasteiger partial charge on any atom is -0.464 e. The normalized spacial score (nSPS) is 15.8. The molecular formula is C24H25NO6. The fraction of sp³-hybridized carbons (Fsp3) is 0.333. The minimum atomic E-state index is -0.670. The minimum absolute atomic E-state index is 0.147. The Hall–Kier alpha value is -3.48. The first-order valence-electron chi connectivity index (χ1n) is 10.3. The van der Waals surface area contributed by atoms with E-state index in [0.717, 1.165) is 12.8 Å². The maximum Gasteiger partial charge on any atom is 0.338 e. The summed E-state index contributed by atoms with van der Waals surface area (Å²) >= 11 is 0.